The molecule has 0 aliphatic carbocycles. The highest BCUT2D eigenvalue weighted by Crippen LogP contribution is 2.18. The monoisotopic (exact) mass is 278 g/mol. The van der Waals surface area contributed by atoms with Gasteiger partial charge >= 0.3 is 0 Å². The molecule has 0 bridgehead atoms. The Labute approximate surface area is 118 Å². The van der Waals surface area contributed by atoms with Crippen LogP contribution in [0.15, 0.2) is 17.8 Å². The van der Waals surface area contributed by atoms with Crippen LogP contribution in [0, 0.1) is 5.92 Å². The molecule has 2 aromatic rings. The van der Waals surface area contributed by atoms with Crippen LogP contribution in [0.2, 0.25) is 0 Å². The molecule has 0 unspecified atom stereocenters. The van der Waals surface area contributed by atoms with Crippen molar-refractivity contribution in [1.29, 1.82) is 0 Å². The van der Waals surface area contributed by atoms with Crippen LogP contribution in [0.5, 0.6) is 0 Å². The van der Waals surface area contributed by atoms with E-state index in [0.29, 0.717) is 0 Å². The molecule has 5 heteroatoms. The molecule has 1 saturated heterocycles. The molecule has 0 spiro atoms. The molecule has 1 aliphatic heterocycles. The van der Waals surface area contributed by atoms with Crippen LogP contribution in [0.25, 0.3) is 4.96 Å². The minimum atomic E-state index is 0.890. The van der Waals surface area contributed by atoms with E-state index in [1.807, 2.05) is 0 Å². The van der Waals surface area contributed by atoms with E-state index in [-0.39, 0.29) is 0 Å². The summed E-state index contributed by atoms with van der Waals surface area (Å²) in [5, 5.41) is 5.60. The number of hydrogen-bond acceptors (Lipinski definition) is 4. The average Bonchev–Trinajstić information content (AvgIpc) is 2.97. The van der Waals surface area contributed by atoms with E-state index in [0.717, 1.165) is 29.7 Å². The number of likely N-dealkylation sites (tertiary alicyclic amines) is 1. The molecule has 4 nitrogen and oxygen atoms in total. The molecule has 19 heavy (non-hydrogen) atoms. The van der Waals surface area contributed by atoms with E-state index in [9.17, 15) is 0 Å². The average molecular weight is 278 g/mol. The molecule has 2 aromatic heterocycles. The predicted octanol–water partition coefficient (Wildman–Crippen LogP) is 2.22. The summed E-state index contributed by atoms with van der Waals surface area (Å²) in [6, 6.07) is 0. The maximum Gasteiger partial charge on any atom is 0.193 e. The molecule has 0 saturated carbocycles. The quantitative estimate of drug-likeness (QED) is 0.851. The lowest BCUT2D eigenvalue weighted by atomic mass is 9.94. The van der Waals surface area contributed by atoms with E-state index >= 15 is 0 Å². The summed E-state index contributed by atoms with van der Waals surface area (Å²) < 4.78 is 2.10. The van der Waals surface area contributed by atoms with Crippen LogP contribution < -0.4 is 5.32 Å². The van der Waals surface area contributed by atoms with Gasteiger partial charge in [0, 0.05) is 24.3 Å². The second-order valence-corrected chi connectivity index (χ2v) is 6.41. The first-order valence-corrected chi connectivity index (χ1v) is 7.99. The first-order chi connectivity index (χ1) is 9.31. The molecule has 0 radical (unpaired) electrons. The van der Waals surface area contributed by atoms with Gasteiger partial charge in [-0.3, -0.25) is 4.40 Å². The third kappa shape index (κ3) is 3.35. The number of nitrogens with zero attached hydrogens (tertiary/aromatic N) is 3. The highest BCUT2D eigenvalue weighted by molar-refractivity contribution is 7.15. The molecule has 3 heterocycles. The van der Waals surface area contributed by atoms with E-state index in [1.165, 1.54) is 32.4 Å². The molecular formula is C14H22N4S. The fraction of sp³-hybridized carbons (Fsp3) is 0.643. The van der Waals surface area contributed by atoms with Gasteiger partial charge in [-0.1, -0.05) is 0 Å². The van der Waals surface area contributed by atoms with Crippen molar-refractivity contribution in [2.45, 2.75) is 25.8 Å². The molecule has 1 N–H and O–H groups in total. The fourth-order valence-corrected chi connectivity index (χ4v) is 3.45. The Balaban J connectivity index is 1.38. The van der Waals surface area contributed by atoms with Gasteiger partial charge in [-0.2, -0.15) is 0 Å². The SMILES string of the molecule is CN1CCC(CCNCc2cn3ccsc3n2)CC1. The standard InChI is InChI=1S/C14H22N4S/c1-17-6-3-12(4-7-17)2-5-15-10-13-11-18-8-9-19-14(18)16-13/h8-9,11-12,15H,2-7,10H2,1H3. The van der Waals surface area contributed by atoms with E-state index < -0.39 is 0 Å². The number of aromatic nitrogens is 2. The van der Waals surface area contributed by atoms with Crippen molar-refractivity contribution in [1.82, 2.24) is 19.6 Å². The Morgan fingerprint density at radius 3 is 3.05 bits per heavy atom. The summed E-state index contributed by atoms with van der Waals surface area (Å²) in [5.74, 6) is 0.911. The Morgan fingerprint density at radius 1 is 1.42 bits per heavy atom. The van der Waals surface area contributed by atoms with Crippen LogP contribution in [-0.2, 0) is 6.54 Å². The Bertz CT molecular complexity index is 482. The fourth-order valence-electron chi connectivity index (χ4n) is 2.73. The van der Waals surface area contributed by atoms with E-state index in [4.69, 9.17) is 0 Å². The lowest BCUT2D eigenvalue weighted by molar-refractivity contribution is 0.211. The van der Waals surface area contributed by atoms with Gasteiger partial charge < -0.3 is 10.2 Å². The summed E-state index contributed by atoms with van der Waals surface area (Å²) in [4.78, 5) is 8.10. The van der Waals surface area contributed by atoms with Gasteiger partial charge in [0.2, 0.25) is 0 Å². The number of rotatable bonds is 5. The molecule has 104 valence electrons. The molecular weight excluding hydrogens is 256 g/mol. The largest absolute Gasteiger partial charge is 0.311 e. The zero-order valence-corrected chi connectivity index (χ0v) is 12.3. The third-order valence-corrected chi connectivity index (χ3v) is 4.79. The van der Waals surface area contributed by atoms with Crippen molar-refractivity contribution in [2.24, 2.45) is 5.92 Å². The summed E-state index contributed by atoms with van der Waals surface area (Å²) in [5.41, 5.74) is 1.15. The van der Waals surface area contributed by atoms with Crippen molar-refractivity contribution in [3.8, 4) is 0 Å². The zero-order chi connectivity index (χ0) is 13.1. The molecule has 0 atom stereocenters. The summed E-state index contributed by atoms with van der Waals surface area (Å²) in [6.45, 7) is 4.53. The van der Waals surface area contributed by atoms with Crippen LogP contribution in [0.4, 0.5) is 0 Å². The third-order valence-electron chi connectivity index (χ3n) is 4.02. The smallest absolute Gasteiger partial charge is 0.193 e. The number of imidazole rings is 1. The Morgan fingerprint density at radius 2 is 2.26 bits per heavy atom. The second kappa shape index (κ2) is 6.03. The van der Waals surface area contributed by atoms with Gasteiger partial charge in [0.1, 0.15) is 0 Å². The predicted molar refractivity (Wildman–Crippen MR) is 79.6 cm³/mol. The maximum atomic E-state index is 4.58. The zero-order valence-electron chi connectivity index (χ0n) is 11.5. The van der Waals surface area contributed by atoms with Crippen molar-refractivity contribution >= 4 is 16.3 Å². The summed E-state index contributed by atoms with van der Waals surface area (Å²) >= 11 is 1.69. The minimum absolute atomic E-state index is 0.890. The van der Waals surface area contributed by atoms with Gasteiger partial charge in [-0.15, -0.1) is 11.3 Å². The number of piperidine rings is 1. The first kappa shape index (κ1) is 13.1. The van der Waals surface area contributed by atoms with Crippen molar-refractivity contribution in [3.05, 3.63) is 23.5 Å². The normalized spacial score (nSPS) is 18.4. The first-order valence-electron chi connectivity index (χ1n) is 7.11. The summed E-state index contributed by atoms with van der Waals surface area (Å²) in [7, 11) is 2.22. The number of hydrogen-bond donors (Lipinski definition) is 1. The van der Waals surface area contributed by atoms with Gasteiger partial charge in [0.25, 0.3) is 0 Å². The number of fused-ring (bicyclic) bond motifs is 1. The lowest BCUT2D eigenvalue weighted by Crippen LogP contribution is -2.31. The molecule has 1 fully saturated rings. The molecule has 0 aromatic carbocycles. The second-order valence-electron chi connectivity index (χ2n) is 5.54. The van der Waals surface area contributed by atoms with Crippen molar-refractivity contribution < 1.29 is 0 Å². The lowest BCUT2D eigenvalue weighted by Gasteiger charge is -2.28. The van der Waals surface area contributed by atoms with Crippen molar-refractivity contribution in [3.63, 3.8) is 0 Å². The maximum absolute atomic E-state index is 4.58. The van der Waals surface area contributed by atoms with Crippen LogP contribution in [-0.4, -0.2) is 41.0 Å². The molecule has 0 amide bonds. The van der Waals surface area contributed by atoms with Crippen LogP contribution in [0.3, 0.4) is 0 Å². The Hall–Kier alpha value is -0.910. The molecule has 1 aliphatic rings. The highest BCUT2D eigenvalue weighted by atomic mass is 32.1. The highest BCUT2D eigenvalue weighted by Gasteiger charge is 2.15. The van der Waals surface area contributed by atoms with E-state index in [1.54, 1.807) is 11.3 Å². The molecule has 3 rings (SSSR count). The van der Waals surface area contributed by atoms with E-state index in [2.05, 4.69) is 44.4 Å². The number of thiazole rings is 1. The topological polar surface area (TPSA) is 32.6 Å². The van der Waals surface area contributed by atoms with Crippen LogP contribution in [0.1, 0.15) is 25.0 Å². The Kier molecular flexibility index (Phi) is 4.15. The van der Waals surface area contributed by atoms with Gasteiger partial charge in [0.05, 0.1) is 5.69 Å². The van der Waals surface area contributed by atoms with Gasteiger partial charge in [-0.05, 0) is 51.9 Å². The minimum Gasteiger partial charge on any atom is -0.311 e. The van der Waals surface area contributed by atoms with Gasteiger partial charge in [-0.25, -0.2) is 4.98 Å². The summed E-state index contributed by atoms with van der Waals surface area (Å²) in [6.07, 6.45) is 8.20. The van der Waals surface area contributed by atoms with Crippen LogP contribution >= 0.6 is 11.3 Å². The number of nitrogens with one attached hydrogen (secondary N) is 1. The van der Waals surface area contributed by atoms with Crippen molar-refractivity contribution in [2.75, 3.05) is 26.7 Å². The van der Waals surface area contributed by atoms with Gasteiger partial charge in [0.15, 0.2) is 4.96 Å².